The van der Waals surface area contributed by atoms with E-state index in [1.807, 2.05) is 0 Å². The number of ether oxygens (including phenoxy) is 2. The monoisotopic (exact) mass is 738 g/mol. The highest BCUT2D eigenvalue weighted by atomic mass is 16.6. The smallest absolute Gasteiger partial charge is 0.332 e. The summed E-state index contributed by atoms with van der Waals surface area (Å²) in [5.74, 6) is -6.39. The third-order valence-electron chi connectivity index (χ3n) is 8.14. The van der Waals surface area contributed by atoms with Gasteiger partial charge in [0, 0.05) is 12.2 Å². The van der Waals surface area contributed by atoms with Gasteiger partial charge in [0.05, 0.1) is 7.11 Å². The van der Waals surface area contributed by atoms with Crippen molar-refractivity contribution >= 4 is 47.4 Å². The molecule has 0 bridgehead atoms. The van der Waals surface area contributed by atoms with E-state index < -0.39 is 86.7 Å². The first kappa shape index (κ1) is 47.5. The molecule has 0 spiro atoms. The lowest BCUT2D eigenvalue weighted by molar-refractivity contribution is -0.165. The lowest BCUT2D eigenvalue weighted by Gasteiger charge is -2.36. The summed E-state index contributed by atoms with van der Waals surface area (Å²) in [5, 5.41) is 15.4. The molecule has 6 amide bonds. The van der Waals surface area contributed by atoms with E-state index in [0.717, 1.165) is 12.2 Å². The van der Waals surface area contributed by atoms with Crippen molar-refractivity contribution in [2.24, 2.45) is 11.8 Å². The summed E-state index contributed by atoms with van der Waals surface area (Å²) in [6.07, 6.45) is 1.82. The Kier molecular flexibility index (Phi) is 15.8. The normalized spacial score (nSPS) is 14.4. The Hall–Kier alpha value is -4.50. The topological polar surface area (TPSA) is 227 Å². The van der Waals surface area contributed by atoms with Gasteiger partial charge in [0.15, 0.2) is 0 Å². The fraction of sp³-hybridized carbons (Fsp3) is 0.722. The predicted octanol–water partition coefficient (Wildman–Crippen LogP) is 1.31. The van der Waals surface area contributed by atoms with Gasteiger partial charge in [-0.15, -0.1) is 0 Å². The summed E-state index contributed by atoms with van der Waals surface area (Å²) in [6, 6.07) is -0.952. The van der Waals surface area contributed by atoms with E-state index in [1.165, 1.54) is 69.4 Å². The number of esters is 2. The zero-order valence-corrected chi connectivity index (χ0v) is 34.0. The summed E-state index contributed by atoms with van der Waals surface area (Å²) in [7, 11) is 1.20. The zero-order chi connectivity index (χ0) is 41.4. The number of nitrogens with one attached hydrogen (secondary N) is 6. The number of methoxy groups -OCH3 is 1. The second-order valence-electron chi connectivity index (χ2n) is 16.8. The second kappa shape index (κ2) is 17.3. The maximum Gasteiger partial charge on any atom is 0.332 e. The molecule has 0 rings (SSSR count). The number of hydrogen-bond acceptors (Lipinski definition) is 10. The van der Waals surface area contributed by atoms with Crippen molar-refractivity contribution in [3.8, 4) is 0 Å². The molecule has 0 aliphatic carbocycles. The minimum absolute atomic E-state index is 0.295. The van der Waals surface area contributed by atoms with Crippen LogP contribution >= 0.6 is 0 Å². The largest absolute Gasteiger partial charge is 0.467 e. The molecule has 0 saturated carbocycles. The molecule has 16 nitrogen and oxygen atoms in total. The van der Waals surface area contributed by atoms with Crippen LogP contribution < -0.4 is 31.9 Å². The van der Waals surface area contributed by atoms with Crippen LogP contribution in [0.2, 0.25) is 0 Å². The summed E-state index contributed by atoms with van der Waals surface area (Å²) in [6.45, 7) is 24.8. The molecule has 0 aromatic heterocycles. The molecule has 16 heteroatoms. The molecule has 2 atom stereocenters. The molecule has 0 aliphatic rings. The third kappa shape index (κ3) is 13.9. The van der Waals surface area contributed by atoms with Gasteiger partial charge in [0.2, 0.25) is 35.4 Å². The number of carbonyl (C=O) groups is 8. The van der Waals surface area contributed by atoms with Gasteiger partial charge in [-0.2, -0.15) is 0 Å². The van der Waals surface area contributed by atoms with Crippen molar-refractivity contribution in [1.82, 2.24) is 31.9 Å². The van der Waals surface area contributed by atoms with E-state index in [9.17, 15) is 38.4 Å². The molecule has 6 N–H and O–H groups in total. The Morgan fingerprint density at radius 1 is 0.519 bits per heavy atom. The van der Waals surface area contributed by atoms with Crippen molar-refractivity contribution < 1.29 is 47.8 Å². The van der Waals surface area contributed by atoms with Crippen molar-refractivity contribution in [3.63, 3.8) is 0 Å². The highest BCUT2D eigenvalue weighted by Gasteiger charge is 2.43. The van der Waals surface area contributed by atoms with Crippen molar-refractivity contribution in [1.29, 1.82) is 0 Å². The van der Waals surface area contributed by atoms with Crippen LogP contribution in [0.25, 0.3) is 0 Å². The average molecular weight is 739 g/mol. The number of hydrogen-bond donors (Lipinski definition) is 6. The molecule has 0 aromatic carbocycles. The minimum atomic E-state index is -1.60. The molecule has 0 aromatic rings. The quantitative estimate of drug-likeness (QED) is 0.0983. The second-order valence-corrected chi connectivity index (χ2v) is 16.8. The average Bonchev–Trinajstić information content (AvgIpc) is 2.95. The molecule has 0 unspecified atom stereocenters. The van der Waals surface area contributed by atoms with Crippen molar-refractivity contribution in [2.75, 3.05) is 7.11 Å². The van der Waals surface area contributed by atoms with Crippen LogP contribution in [-0.2, 0) is 47.8 Å². The Morgan fingerprint density at radius 2 is 0.865 bits per heavy atom. The van der Waals surface area contributed by atoms with Gasteiger partial charge in [-0.1, -0.05) is 27.7 Å². The summed E-state index contributed by atoms with van der Waals surface area (Å²) >= 11 is 0. The van der Waals surface area contributed by atoms with Gasteiger partial charge in [0.1, 0.15) is 39.3 Å². The van der Waals surface area contributed by atoms with Crippen LogP contribution in [0, 0.1) is 11.8 Å². The predicted molar refractivity (Wildman–Crippen MR) is 194 cm³/mol. The molecule has 0 saturated heterocycles. The molecule has 296 valence electrons. The highest BCUT2D eigenvalue weighted by molar-refractivity contribution is 6.02. The zero-order valence-electron chi connectivity index (χ0n) is 34.0. The van der Waals surface area contributed by atoms with Gasteiger partial charge >= 0.3 is 11.9 Å². The maximum absolute atomic E-state index is 13.3. The lowest BCUT2D eigenvalue weighted by atomic mass is 9.88. The van der Waals surface area contributed by atoms with E-state index in [2.05, 4.69) is 31.9 Å². The van der Waals surface area contributed by atoms with Crippen LogP contribution in [0.1, 0.15) is 111 Å². The Bertz CT molecular complexity index is 1420. The standard InChI is InChI=1S/C36H62N6O10/c1-20(2)24(25(45)51-17)37-26(46)32(8,9)40-28(48)34(12,13)42-29(49)35(14,15)41-27(47)33(10,11)38-22(43)18-19-23(44)39-36(16,21(3)4)30(50)52-31(5,6)7/h18-21,24H,1-17H3,(H,37,46)(H,38,43)(H,39,44)(H,40,48)(H,41,47)(H,42,49)/b19-18+/t24-,36-/m0/s1. The van der Waals surface area contributed by atoms with Gasteiger partial charge in [-0.25, -0.2) is 9.59 Å². The van der Waals surface area contributed by atoms with Crippen LogP contribution in [-0.4, -0.2) is 93.8 Å². The number of rotatable bonds is 16. The van der Waals surface area contributed by atoms with E-state index in [0.29, 0.717) is 0 Å². The fourth-order valence-electron chi connectivity index (χ4n) is 4.11. The first-order valence-electron chi connectivity index (χ1n) is 17.1. The van der Waals surface area contributed by atoms with E-state index in [1.54, 1.807) is 48.5 Å². The highest BCUT2D eigenvalue weighted by Crippen LogP contribution is 2.22. The molecule has 0 fully saturated rings. The minimum Gasteiger partial charge on any atom is -0.467 e. The first-order valence-corrected chi connectivity index (χ1v) is 17.1. The SMILES string of the molecule is COC(=O)[C@@H](NC(=O)C(C)(C)NC(=O)C(C)(C)NC(=O)C(C)(C)NC(=O)C(C)(C)NC(=O)/C=C/C(=O)N[C@](C)(C(=O)OC(C)(C)C)C(C)C)C(C)C. The number of carbonyl (C=O) groups excluding carboxylic acids is 8. The van der Waals surface area contributed by atoms with Crippen LogP contribution in [0.3, 0.4) is 0 Å². The van der Waals surface area contributed by atoms with Gasteiger partial charge in [0.25, 0.3) is 0 Å². The van der Waals surface area contributed by atoms with Crippen LogP contribution in [0.5, 0.6) is 0 Å². The molecule has 0 radical (unpaired) electrons. The molecular formula is C36H62N6O10. The van der Waals surface area contributed by atoms with E-state index in [4.69, 9.17) is 9.47 Å². The number of amides is 6. The third-order valence-corrected chi connectivity index (χ3v) is 8.14. The van der Waals surface area contributed by atoms with Crippen molar-refractivity contribution in [3.05, 3.63) is 12.2 Å². The Morgan fingerprint density at radius 3 is 1.19 bits per heavy atom. The van der Waals surface area contributed by atoms with Crippen molar-refractivity contribution in [2.45, 2.75) is 150 Å². The van der Waals surface area contributed by atoms with E-state index in [-0.39, 0.29) is 11.8 Å². The Balaban J connectivity index is 5.58. The van der Waals surface area contributed by atoms with Gasteiger partial charge in [-0.05, 0) is 94.9 Å². The molecule has 0 heterocycles. The molecular weight excluding hydrogens is 676 g/mol. The summed E-state index contributed by atoms with van der Waals surface area (Å²) in [5.41, 5.74) is -8.45. The molecule has 0 aliphatic heterocycles. The summed E-state index contributed by atoms with van der Waals surface area (Å²) < 4.78 is 10.2. The van der Waals surface area contributed by atoms with E-state index >= 15 is 0 Å². The Labute approximate surface area is 308 Å². The van der Waals surface area contributed by atoms with Gasteiger partial charge < -0.3 is 41.4 Å². The fourth-order valence-corrected chi connectivity index (χ4v) is 4.11. The maximum atomic E-state index is 13.3. The first-order chi connectivity index (χ1) is 23.1. The van der Waals surface area contributed by atoms with Crippen LogP contribution in [0.4, 0.5) is 0 Å². The van der Waals surface area contributed by atoms with Gasteiger partial charge in [-0.3, -0.25) is 28.8 Å². The van der Waals surface area contributed by atoms with Crippen LogP contribution in [0.15, 0.2) is 12.2 Å². The lowest BCUT2D eigenvalue weighted by Crippen LogP contribution is -2.68. The summed E-state index contributed by atoms with van der Waals surface area (Å²) in [4.78, 5) is 103. The molecule has 52 heavy (non-hydrogen) atoms.